The number of carbonyl (C=O) groups is 1. The third-order valence-corrected chi connectivity index (χ3v) is 17.2. The van der Waals surface area contributed by atoms with Gasteiger partial charge in [0.1, 0.15) is 0 Å². The summed E-state index contributed by atoms with van der Waals surface area (Å²) in [4.78, 5) is 12.2. The van der Waals surface area contributed by atoms with Crippen LogP contribution in [0.5, 0.6) is 0 Å². The SMILES string of the molecule is CC.CCCC.O=C([O-])CCCC1(c2ccccc2)C23C4=c5ccc6c7ccc8c9ccc%10c%11ccc%12c%13c(c%14c%15c2c5c6c2c7c8c5c9c%10c(c%13%11)c%14c5c%152)C13C=%12C=C4. The van der Waals surface area contributed by atoms with Crippen LogP contribution >= 0.6 is 0 Å². The van der Waals surface area contributed by atoms with E-state index in [0.717, 1.165) is 6.42 Å². The highest BCUT2D eigenvalue weighted by molar-refractivity contribution is 6.64. The zero-order chi connectivity index (χ0) is 39.0. The van der Waals surface area contributed by atoms with Gasteiger partial charge in [-0.2, -0.15) is 0 Å². The van der Waals surface area contributed by atoms with Crippen molar-refractivity contribution >= 4 is 136 Å². The predicted molar refractivity (Wildman–Crippen MR) is 246 cm³/mol. The number of benzene rings is 9. The minimum absolute atomic E-state index is 0.0724. The molecule has 0 N–H and O–H groups in total. The van der Waals surface area contributed by atoms with E-state index in [9.17, 15) is 9.90 Å². The highest BCUT2D eigenvalue weighted by Gasteiger charge is 2.93. The minimum Gasteiger partial charge on any atom is -0.550 e. The van der Waals surface area contributed by atoms with Crippen molar-refractivity contribution < 1.29 is 9.90 Å². The Morgan fingerprint density at radius 1 is 0.475 bits per heavy atom. The first-order chi connectivity index (χ1) is 29.1. The molecule has 1 saturated carbocycles. The average molecular weight is 754 g/mol. The largest absolute Gasteiger partial charge is 0.550 e. The zero-order valence-corrected chi connectivity index (χ0v) is 33.5. The van der Waals surface area contributed by atoms with Gasteiger partial charge in [0.05, 0.1) is 0 Å². The van der Waals surface area contributed by atoms with Crippen molar-refractivity contribution in [1.82, 2.24) is 0 Å². The third-order valence-electron chi connectivity index (χ3n) is 17.2. The number of carboxylic acid groups (broad SMARTS) is 1. The molecule has 13 aromatic carbocycles. The monoisotopic (exact) mass is 753 g/mol. The molecule has 0 saturated heterocycles. The van der Waals surface area contributed by atoms with Crippen LogP contribution in [0, 0.1) is 0 Å². The molecule has 5 aliphatic rings. The Labute approximate surface area is 338 Å². The normalized spacial score (nSPS) is 23.1. The van der Waals surface area contributed by atoms with E-state index in [0.29, 0.717) is 6.42 Å². The third kappa shape index (κ3) is 2.43. The van der Waals surface area contributed by atoms with Gasteiger partial charge in [0, 0.05) is 22.2 Å². The number of rotatable bonds is 6. The fourth-order valence-corrected chi connectivity index (χ4v) is 16.0. The van der Waals surface area contributed by atoms with Gasteiger partial charge in [0.15, 0.2) is 0 Å². The fraction of sp³-hybridized carbons (Fsp3) is 0.211. The van der Waals surface area contributed by atoms with Crippen LogP contribution in [0.2, 0.25) is 0 Å². The smallest absolute Gasteiger partial charge is 0.0477 e. The molecule has 0 amide bonds. The Balaban J connectivity index is 0.000000511. The van der Waals surface area contributed by atoms with Gasteiger partial charge in [-0.25, -0.2) is 0 Å². The van der Waals surface area contributed by atoms with Crippen LogP contribution < -0.4 is 15.5 Å². The number of carboxylic acids is 1. The van der Waals surface area contributed by atoms with Crippen molar-refractivity contribution in [3.05, 3.63) is 118 Å². The molecule has 59 heavy (non-hydrogen) atoms. The van der Waals surface area contributed by atoms with Crippen LogP contribution in [-0.4, -0.2) is 5.97 Å². The number of unbranched alkanes of at least 4 members (excludes halogenated alkanes) is 1. The summed E-state index contributed by atoms with van der Waals surface area (Å²) in [5, 5.41) is 47.3. The Morgan fingerprint density at radius 2 is 0.847 bits per heavy atom. The lowest BCUT2D eigenvalue weighted by Crippen LogP contribution is -2.27. The topological polar surface area (TPSA) is 40.1 Å². The molecule has 1 fully saturated rings. The van der Waals surface area contributed by atoms with E-state index in [4.69, 9.17) is 0 Å². The molecular weight excluding hydrogens is 717 g/mol. The van der Waals surface area contributed by atoms with E-state index in [1.807, 2.05) is 13.8 Å². The van der Waals surface area contributed by atoms with E-state index in [1.54, 1.807) is 11.1 Å². The minimum atomic E-state index is -0.952. The van der Waals surface area contributed by atoms with E-state index in [1.165, 1.54) is 158 Å². The molecular formula is C57H37O2-. The van der Waals surface area contributed by atoms with Crippen LogP contribution in [0.3, 0.4) is 0 Å². The highest BCUT2D eigenvalue weighted by Crippen LogP contribution is 2.92. The summed E-state index contributed by atoms with van der Waals surface area (Å²) in [6.45, 7) is 8.36. The lowest BCUT2D eigenvalue weighted by molar-refractivity contribution is -0.305. The number of hydrogen-bond acceptors (Lipinski definition) is 2. The second-order valence-electron chi connectivity index (χ2n) is 18.6. The first-order valence-electron chi connectivity index (χ1n) is 22.2. The summed E-state index contributed by atoms with van der Waals surface area (Å²) in [6.07, 6.45) is 9.10. The first-order valence-corrected chi connectivity index (χ1v) is 22.2. The van der Waals surface area contributed by atoms with Crippen LogP contribution in [0.4, 0.5) is 0 Å². The summed E-state index contributed by atoms with van der Waals surface area (Å²) < 4.78 is 0. The van der Waals surface area contributed by atoms with Crippen molar-refractivity contribution in [3.63, 3.8) is 0 Å². The van der Waals surface area contributed by atoms with Crippen molar-refractivity contribution in [3.8, 4) is 0 Å². The highest BCUT2D eigenvalue weighted by atomic mass is 16.4. The van der Waals surface area contributed by atoms with E-state index in [-0.39, 0.29) is 22.7 Å². The number of carbonyl (C=O) groups excluding carboxylic acids is 1. The molecule has 0 heterocycles. The second-order valence-corrected chi connectivity index (χ2v) is 18.6. The van der Waals surface area contributed by atoms with Crippen molar-refractivity contribution in [2.75, 3.05) is 0 Å². The van der Waals surface area contributed by atoms with Gasteiger partial charge >= 0.3 is 0 Å². The number of aliphatic carboxylic acids is 1. The lowest BCUT2D eigenvalue weighted by Gasteiger charge is -2.32. The molecule has 2 unspecified atom stereocenters. The van der Waals surface area contributed by atoms with Crippen LogP contribution in [0.15, 0.2) is 91.0 Å². The van der Waals surface area contributed by atoms with E-state index < -0.39 is 5.97 Å². The van der Waals surface area contributed by atoms with Crippen LogP contribution in [0.1, 0.15) is 76.5 Å². The summed E-state index contributed by atoms with van der Waals surface area (Å²) >= 11 is 0. The molecule has 5 aliphatic carbocycles. The summed E-state index contributed by atoms with van der Waals surface area (Å²) in [6, 6.07) is 30.9. The van der Waals surface area contributed by atoms with Crippen molar-refractivity contribution in [2.24, 2.45) is 0 Å². The second kappa shape index (κ2) is 8.99. The molecule has 2 nitrogen and oxygen atoms in total. The number of hydrogen-bond donors (Lipinski definition) is 0. The van der Waals surface area contributed by atoms with Crippen LogP contribution in [0.25, 0.3) is 130 Å². The summed E-state index contributed by atoms with van der Waals surface area (Å²) in [7, 11) is 0. The van der Waals surface area contributed by atoms with Crippen molar-refractivity contribution in [1.29, 1.82) is 0 Å². The molecule has 0 aliphatic heterocycles. The van der Waals surface area contributed by atoms with E-state index in [2.05, 4.69) is 105 Å². The molecule has 13 aromatic rings. The maximum atomic E-state index is 12.2. The number of allylic oxidation sites excluding steroid dienone is 2. The molecule has 18 rings (SSSR count). The van der Waals surface area contributed by atoms with Gasteiger partial charge in [0.2, 0.25) is 0 Å². The standard InChI is InChI=1S/C51H22O2.C4H10.C2H6/c52-30(53)7-4-18-49(19-5-2-1-3-6-19)50-28-16-17-29-27-15-13-25-23-11-9-21-20-8-10-22-24-12-14-26(28)37-35(24)40-33(22)31(20)39-32(21)34(23)41-36(25)38(27)48(51(29,49)50)46-44(41)42(39)43(40)45(46)47(37)50;1-3-4-2;1-2/h1-3,5-6,8-17H,4,7,18H2,(H,52,53);3-4H2,1-2H3;1-2H3/p-1. The molecule has 278 valence electrons. The molecule has 0 radical (unpaired) electrons. The maximum absolute atomic E-state index is 12.2. The van der Waals surface area contributed by atoms with Gasteiger partial charge in [-0.05, 0) is 176 Å². The Morgan fingerprint density at radius 3 is 1.25 bits per heavy atom. The van der Waals surface area contributed by atoms with Gasteiger partial charge < -0.3 is 9.90 Å². The van der Waals surface area contributed by atoms with E-state index >= 15 is 0 Å². The van der Waals surface area contributed by atoms with Gasteiger partial charge in [-0.15, -0.1) is 0 Å². The lowest BCUT2D eigenvalue weighted by atomic mass is 9.68. The maximum Gasteiger partial charge on any atom is 0.0477 e. The zero-order valence-electron chi connectivity index (χ0n) is 33.5. The molecule has 0 aromatic heterocycles. The van der Waals surface area contributed by atoms with Gasteiger partial charge in [-0.1, -0.05) is 132 Å². The molecule has 0 bridgehead atoms. The first kappa shape index (κ1) is 30.8. The summed E-state index contributed by atoms with van der Waals surface area (Å²) in [5.74, 6) is -0.952. The Hall–Kier alpha value is -6.25. The fourth-order valence-electron chi connectivity index (χ4n) is 16.0. The molecule has 2 spiro atoms. The number of fused-ring (bicyclic) bond motifs is 3. The van der Waals surface area contributed by atoms with Crippen LogP contribution in [-0.2, 0) is 21.0 Å². The quantitative estimate of drug-likeness (QED) is 0.159. The molecule has 2 atom stereocenters. The average Bonchev–Trinajstić information content (AvgIpc) is 3.92. The Kier molecular flexibility index (Phi) is 4.69. The van der Waals surface area contributed by atoms with Gasteiger partial charge in [-0.3, -0.25) is 0 Å². The van der Waals surface area contributed by atoms with Crippen molar-refractivity contribution in [2.45, 2.75) is 76.0 Å². The summed E-state index contributed by atoms with van der Waals surface area (Å²) in [5.41, 5.74) is 6.34. The van der Waals surface area contributed by atoms with Gasteiger partial charge in [0.25, 0.3) is 0 Å². The predicted octanol–water partition coefficient (Wildman–Crippen LogP) is 12.0. The molecule has 2 heteroatoms. The Bertz CT molecular complexity index is 3980.